The van der Waals surface area contributed by atoms with E-state index in [2.05, 4.69) is 15.0 Å². The molecule has 0 bridgehead atoms. The monoisotopic (exact) mass is 1150 g/mol. The van der Waals surface area contributed by atoms with Gasteiger partial charge in [0.25, 0.3) is 0 Å². The van der Waals surface area contributed by atoms with Crippen molar-refractivity contribution in [3.63, 3.8) is 0 Å². The Bertz CT molecular complexity index is 2590. The average molecular weight is 1150 g/mol. The Labute approximate surface area is 435 Å². The van der Waals surface area contributed by atoms with Gasteiger partial charge < -0.3 is 93.1 Å². The Balaban J connectivity index is 1.29. The fourth-order valence-electron chi connectivity index (χ4n) is 8.13. The van der Waals surface area contributed by atoms with E-state index in [1.165, 1.54) is 36.1 Å². The number of anilines is 2. The minimum absolute atomic E-state index is 0.0298. The summed E-state index contributed by atoms with van der Waals surface area (Å²) in [5, 5.41) is 11.2. The minimum Gasteiger partial charge on any atom is -0.384 e. The van der Waals surface area contributed by atoms with Gasteiger partial charge in [0, 0.05) is 62.5 Å². The van der Waals surface area contributed by atoms with Crippen LogP contribution in [0.25, 0.3) is 0 Å². The van der Waals surface area contributed by atoms with E-state index in [4.69, 9.17) is 113 Å². The number of hydrogen-bond acceptors (Lipinski definition) is 26. The number of nitrogens with zero attached hydrogens (tertiary/aromatic N) is 6. The zero-order valence-electron chi connectivity index (χ0n) is 41.1. The van der Waals surface area contributed by atoms with Gasteiger partial charge in [-0.15, -0.1) is 0 Å². The molecule has 34 heteroatoms. The molecule has 7 unspecified atom stereocenters. The van der Waals surface area contributed by atoms with Gasteiger partial charge in [0.05, 0.1) is 52.4 Å². The smallest absolute Gasteiger partial charge is 0.351 e. The summed E-state index contributed by atoms with van der Waals surface area (Å²) < 4.78 is 79.2. The molecule has 2 aromatic heterocycles. The van der Waals surface area contributed by atoms with E-state index >= 15 is 0 Å². The van der Waals surface area contributed by atoms with E-state index in [1.807, 2.05) is 13.8 Å². The largest absolute Gasteiger partial charge is 0.384 e. The number of aromatic nitrogens is 4. The molecule has 0 aliphatic carbocycles. The van der Waals surface area contributed by atoms with Crippen LogP contribution >= 0.6 is 20.2 Å². The number of aliphatic hydroxyl groups excluding tert-OH is 1. The molecule has 16 atom stereocenters. The number of aliphatic imine (C=N–C) groups is 1. The SMILES string of the molecule is COCCOC1[C@@H](OP(O)(=S)OC[C@H]2O[C@@H](n3cc(C)c(N)nc3=O)C(C)[C@H]2C)[C@@H](COP(O)(=S)O[C@@H]2C(OCCOC)[C@H](n3cc(C)c(N)nc3=O)O[C@@H]2COP(O)(=S)OC)O[C@H]1N1C=C(C)C(N)=NC1O. The van der Waals surface area contributed by atoms with Crippen LogP contribution in [-0.2, 0) is 95.7 Å². The third kappa shape index (κ3) is 14.8. The van der Waals surface area contributed by atoms with Crippen LogP contribution in [0.5, 0.6) is 0 Å². The van der Waals surface area contributed by atoms with Gasteiger partial charge in [-0.05, 0) is 62.1 Å². The van der Waals surface area contributed by atoms with Crippen molar-refractivity contribution >= 4 is 73.0 Å². The van der Waals surface area contributed by atoms with Crippen molar-refractivity contribution in [1.29, 1.82) is 0 Å². The van der Waals surface area contributed by atoms with Gasteiger partial charge in [-0.3, -0.25) is 18.2 Å². The number of aliphatic hydroxyl groups is 1. The molecule has 4 aliphatic heterocycles. The zero-order valence-corrected chi connectivity index (χ0v) is 46.2. The first kappa shape index (κ1) is 59.9. The van der Waals surface area contributed by atoms with Gasteiger partial charge >= 0.3 is 31.5 Å². The second-order valence-electron chi connectivity index (χ2n) is 17.3. The lowest BCUT2D eigenvalue weighted by molar-refractivity contribution is -0.143. The summed E-state index contributed by atoms with van der Waals surface area (Å²) >= 11 is 16.3. The predicted octanol–water partition coefficient (Wildman–Crippen LogP) is 0.106. The quantitative estimate of drug-likeness (QED) is 0.0512. The van der Waals surface area contributed by atoms with E-state index in [1.54, 1.807) is 27.0 Å². The molecule has 4 aliphatic rings. The second kappa shape index (κ2) is 25.4. The van der Waals surface area contributed by atoms with Crippen LogP contribution in [-0.4, -0.2) is 173 Å². The van der Waals surface area contributed by atoms with Crippen molar-refractivity contribution in [2.45, 2.75) is 102 Å². The molecule has 0 spiro atoms. The van der Waals surface area contributed by atoms with Crippen molar-refractivity contribution in [3.05, 3.63) is 56.3 Å². The van der Waals surface area contributed by atoms with Crippen molar-refractivity contribution in [2.24, 2.45) is 22.6 Å². The summed E-state index contributed by atoms with van der Waals surface area (Å²) in [5.74, 6) is -0.355. The van der Waals surface area contributed by atoms with Crippen molar-refractivity contribution in [2.75, 3.05) is 79.0 Å². The molecule has 2 aromatic rings. The topological polar surface area (TPSA) is 364 Å². The fourth-order valence-corrected chi connectivity index (χ4v) is 11.6. The molecular formula is C39H64N9O19P3S3. The van der Waals surface area contributed by atoms with Crippen LogP contribution < -0.4 is 28.6 Å². The average Bonchev–Trinajstić information content (AvgIpc) is 3.93. The summed E-state index contributed by atoms with van der Waals surface area (Å²) in [7, 11) is 4.04. The second-order valence-corrected chi connectivity index (χ2v) is 25.8. The maximum absolute atomic E-state index is 13.3. The molecule has 3 fully saturated rings. The standard InChI is InChI=1S/C39H64N9O19P3S3/c1-19-13-46(37(49)43-31(19)40)34-23(5)22(4)24(63-34)16-61-69(53,72)66-28-26(65-36(30(28)59-12-10-56-7)48-15-21(3)33(42)45-39(48)51)18-62-70(54,73)67-27-25(17-60-68(52,71)57-8)64-35(29(27)58-11-9-55-6)47-14-20(2)32(41)44-38(47)50/h13-15,22-30,34-36,39,51H,9-12,16-18H2,1-8H3,(H2,42,45)(H,52,71)(H,53,72)(H,54,73)(H2,40,43,49)(H2,41,44,50)/t22-,23?,24-,25-,26-,27+,28+,29?,30?,34-,35-,36-,39?,68?,69?,70?/m1/s1. The van der Waals surface area contributed by atoms with E-state index in [9.17, 15) is 29.4 Å². The van der Waals surface area contributed by atoms with Crippen molar-refractivity contribution < 1.29 is 80.1 Å². The Hall–Kier alpha value is -2.36. The van der Waals surface area contributed by atoms with Gasteiger partial charge in [0.2, 0.25) is 6.35 Å². The molecule has 0 aromatic carbocycles. The predicted molar refractivity (Wildman–Crippen MR) is 271 cm³/mol. The third-order valence-corrected chi connectivity index (χ3v) is 17.2. The molecule has 412 valence electrons. The maximum atomic E-state index is 13.3. The summed E-state index contributed by atoms with van der Waals surface area (Å²) in [5.41, 5.74) is 17.8. The van der Waals surface area contributed by atoms with Crippen LogP contribution in [0.3, 0.4) is 0 Å². The van der Waals surface area contributed by atoms with Gasteiger partial charge in [-0.2, -0.15) is 9.97 Å². The Morgan fingerprint density at radius 2 is 1.08 bits per heavy atom. The van der Waals surface area contributed by atoms with Gasteiger partial charge in [-0.25, -0.2) is 14.6 Å². The van der Waals surface area contributed by atoms with Crippen molar-refractivity contribution in [3.8, 4) is 0 Å². The number of aryl methyl sites for hydroxylation is 2. The van der Waals surface area contributed by atoms with E-state index in [-0.39, 0.29) is 62.3 Å². The molecule has 10 N–H and O–H groups in total. The molecular weight excluding hydrogens is 1090 g/mol. The lowest BCUT2D eigenvalue weighted by Gasteiger charge is -2.36. The molecule has 3 saturated heterocycles. The highest BCUT2D eigenvalue weighted by atomic mass is 32.5. The number of amidine groups is 1. The van der Waals surface area contributed by atoms with Crippen LogP contribution in [0.4, 0.5) is 11.6 Å². The first-order chi connectivity index (χ1) is 34.3. The molecule has 28 nitrogen and oxygen atoms in total. The van der Waals surface area contributed by atoms with Crippen molar-refractivity contribution in [1.82, 2.24) is 24.0 Å². The number of hydrogen-bond donors (Lipinski definition) is 7. The lowest BCUT2D eigenvalue weighted by atomic mass is 9.93. The number of methoxy groups -OCH3 is 2. The maximum Gasteiger partial charge on any atom is 0.351 e. The molecule has 0 saturated carbocycles. The normalized spacial score (nSPS) is 32.0. The Kier molecular flexibility index (Phi) is 20.8. The fraction of sp³-hybridized carbons (Fsp3) is 0.718. The number of nitrogen functional groups attached to an aromatic ring is 2. The van der Waals surface area contributed by atoms with E-state index in [0.717, 1.165) is 11.7 Å². The van der Waals surface area contributed by atoms with Gasteiger partial charge in [0.1, 0.15) is 60.3 Å². The summed E-state index contributed by atoms with van der Waals surface area (Å²) in [6.45, 7) is -5.43. The van der Waals surface area contributed by atoms with Crippen LogP contribution in [0.2, 0.25) is 0 Å². The highest BCUT2D eigenvalue weighted by molar-refractivity contribution is 8.07. The number of nitrogens with two attached hydrogens (primary N) is 3. The summed E-state index contributed by atoms with van der Waals surface area (Å²) in [6, 6.07) is 0. The highest BCUT2D eigenvalue weighted by Gasteiger charge is 2.54. The first-order valence-electron chi connectivity index (χ1n) is 22.5. The molecule has 73 heavy (non-hydrogen) atoms. The molecule has 0 amide bonds. The first-order valence-corrected chi connectivity index (χ1v) is 30.3. The molecule has 6 heterocycles. The van der Waals surface area contributed by atoms with Gasteiger partial charge in [-0.1, -0.05) is 13.8 Å². The highest BCUT2D eigenvalue weighted by Crippen LogP contribution is 2.53. The third-order valence-electron chi connectivity index (χ3n) is 12.4. The summed E-state index contributed by atoms with van der Waals surface area (Å²) in [4.78, 5) is 73.6. The molecule has 0 radical (unpaired) electrons. The van der Waals surface area contributed by atoms with E-state index in [0.29, 0.717) is 16.7 Å². The molecule has 6 rings (SSSR count). The van der Waals surface area contributed by atoms with Crippen LogP contribution in [0.15, 0.2) is 38.7 Å². The number of rotatable bonds is 25. The summed E-state index contributed by atoms with van der Waals surface area (Å²) in [6.07, 6.45) is -9.24. The Morgan fingerprint density at radius 1 is 0.644 bits per heavy atom. The number of ether oxygens (including phenoxy) is 7. The zero-order chi connectivity index (χ0) is 53.7. The van der Waals surface area contributed by atoms with Gasteiger partial charge in [0.15, 0.2) is 12.5 Å². The Morgan fingerprint density at radius 3 is 1.58 bits per heavy atom. The minimum atomic E-state index is -4.53. The van der Waals surface area contributed by atoms with Crippen LogP contribution in [0, 0.1) is 25.7 Å². The van der Waals surface area contributed by atoms with Crippen LogP contribution in [0.1, 0.15) is 44.4 Å². The lowest BCUT2D eigenvalue weighted by Crippen LogP contribution is -2.50. The van der Waals surface area contributed by atoms with E-state index < -0.39 is 113 Å².